The second kappa shape index (κ2) is 7.70. The van der Waals surface area contributed by atoms with Crippen molar-refractivity contribution < 1.29 is 20.1 Å². The van der Waals surface area contributed by atoms with Gasteiger partial charge in [-0.1, -0.05) is 17.7 Å². The Labute approximate surface area is 163 Å². The number of benzene rings is 1. The smallest absolute Gasteiger partial charge is 0.165 e. The Bertz CT molecular complexity index is 956. The monoisotopic (exact) mass is 408 g/mol. The summed E-state index contributed by atoms with van der Waals surface area (Å²) < 4.78 is 7.11. The molecule has 0 aliphatic carbocycles. The zero-order valence-electron chi connectivity index (χ0n) is 14.0. The Kier molecular flexibility index (Phi) is 5.31. The van der Waals surface area contributed by atoms with Crippen molar-refractivity contribution in [2.45, 2.75) is 35.2 Å². The molecular formula is C17H17ClN4O4S. The quantitative estimate of drug-likeness (QED) is 0.543. The van der Waals surface area contributed by atoms with Gasteiger partial charge in [0, 0.05) is 15.7 Å². The Morgan fingerprint density at radius 1 is 1.19 bits per heavy atom. The number of aromatic nitrogens is 4. The molecule has 2 aromatic heterocycles. The number of imidazole rings is 1. The minimum absolute atomic E-state index is 0.391. The normalized spacial score (nSPS) is 25.3. The zero-order valence-corrected chi connectivity index (χ0v) is 15.6. The second-order valence-electron chi connectivity index (χ2n) is 6.12. The molecule has 0 saturated carbocycles. The zero-order chi connectivity index (χ0) is 19.0. The minimum atomic E-state index is -1.20. The first-order valence-corrected chi connectivity index (χ1v) is 9.62. The maximum atomic E-state index is 10.2. The lowest BCUT2D eigenvalue weighted by Crippen LogP contribution is -2.33. The van der Waals surface area contributed by atoms with Gasteiger partial charge in [-0.05, 0) is 18.2 Å². The van der Waals surface area contributed by atoms with E-state index < -0.39 is 31.1 Å². The van der Waals surface area contributed by atoms with Crippen molar-refractivity contribution in [1.82, 2.24) is 19.5 Å². The summed E-state index contributed by atoms with van der Waals surface area (Å²) in [5.41, 5.74) is 1.81. The van der Waals surface area contributed by atoms with Crippen LogP contribution in [0.2, 0.25) is 5.02 Å². The first-order valence-electron chi connectivity index (χ1n) is 8.25. The summed E-state index contributed by atoms with van der Waals surface area (Å²) in [4.78, 5) is 13.9. The van der Waals surface area contributed by atoms with Crippen molar-refractivity contribution in [2.24, 2.45) is 0 Å². The van der Waals surface area contributed by atoms with Gasteiger partial charge >= 0.3 is 0 Å². The molecule has 27 heavy (non-hydrogen) atoms. The lowest BCUT2D eigenvalue weighted by atomic mass is 10.1. The van der Waals surface area contributed by atoms with Gasteiger partial charge in [0.2, 0.25) is 0 Å². The molecule has 1 aliphatic heterocycles. The van der Waals surface area contributed by atoms with Crippen LogP contribution >= 0.6 is 23.4 Å². The number of aliphatic hydroxyl groups is 3. The Morgan fingerprint density at radius 3 is 2.78 bits per heavy atom. The fraction of sp³-hybridized carbons (Fsp3) is 0.353. The van der Waals surface area contributed by atoms with Crippen LogP contribution in [0.15, 0.2) is 41.8 Å². The van der Waals surface area contributed by atoms with Gasteiger partial charge in [-0.15, -0.1) is 11.8 Å². The molecule has 3 N–H and O–H groups in total. The number of hydrogen-bond acceptors (Lipinski definition) is 8. The number of halogens is 1. The topological polar surface area (TPSA) is 114 Å². The standard InChI is InChI=1S/C17H17ClN4O4S/c18-9-2-1-3-10(4-9)27-6-11-13-16(20-7-19-11)22(8-21-13)17-15(25)14(24)12(5-23)26-17/h1-4,7-8,12,14-15,17,23-25H,5-6H2/t12-,14-,15-,17-/m1/s1. The van der Waals surface area contributed by atoms with Crippen molar-refractivity contribution >= 4 is 34.5 Å². The first-order chi connectivity index (χ1) is 13.1. The molecule has 4 atom stereocenters. The fourth-order valence-electron chi connectivity index (χ4n) is 3.01. The molecule has 10 heteroatoms. The summed E-state index contributed by atoms with van der Waals surface area (Å²) in [6.07, 6.45) is -1.20. The predicted octanol–water partition coefficient (Wildman–Crippen LogP) is 1.38. The summed E-state index contributed by atoms with van der Waals surface area (Å²) in [5.74, 6) is 0.562. The van der Waals surface area contributed by atoms with E-state index in [1.54, 1.807) is 16.3 Å². The van der Waals surface area contributed by atoms with Crippen molar-refractivity contribution in [2.75, 3.05) is 6.61 Å². The van der Waals surface area contributed by atoms with Gasteiger partial charge < -0.3 is 20.1 Å². The first kappa shape index (κ1) is 18.6. The Morgan fingerprint density at radius 2 is 2.04 bits per heavy atom. The van der Waals surface area contributed by atoms with E-state index in [2.05, 4.69) is 15.0 Å². The fourth-order valence-corrected chi connectivity index (χ4v) is 4.17. The molecule has 3 heterocycles. The van der Waals surface area contributed by atoms with Crippen LogP contribution < -0.4 is 0 Å². The van der Waals surface area contributed by atoms with Crippen LogP contribution in [0, 0.1) is 0 Å². The highest BCUT2D eigenvalue weighted by atomic mass is 35.5. The van der Waals surface area contributed by atoms with Crippen LogP contribution in [0.4, 0.5) is 0 Å². The number of hydrogen-bond donors (Lipinski definition) is 3. The second-order valence-corrected chi connectivity index (χ2v) is 7.60. The van der Waals surface area contributed by atoms with E-state index >= 15 is 0 Å². The van der Waals surface area contributed by atoms with E-state index in [1.807, 2.05) is 24.3 Å². The van der Waals surface area contributed by atoms with Gasteiger partial charge in [0.25, 0.3) is 0 Å². The molecule has 8 nitrogen and oxygen atoms in total. The SMILES string of the molecule is OC[C@H]1O[C@@H](n2cnc3c(CSc4cccc(Cl)c4)ncnc32)[C@H](O)[C@@H]1O. The average Bonchev–Trinajstić information content (AvgIpc) is 3.22. The van der Waals surface area contributed by atoms with E-state index in [9.17, 15) is 15.3 Å². The molecule has 1 saturated heterocycles. The lowest BCUT2D eigenvalue weighted by molar-refractivity contribution is -0.0511. The van der Waals surface area contributed by atoms with Crippen LogP contribution in [0.3, 0.4) is 0 Å². The molecule has 0 spiro atoms. The average molecular weight is 409 g/mol. The summed E-state index contributed by atoms with van der Waals surface area (Å²) in [7, 11) is 0. The molecule has 0 unspecified atom stereocenters. The number of aliphatic hydroxyl groups excluding tert-OH is 3. The number of nitrogens with zero attached hydrogens (tertiary/aromatic N) is 4. The highest BCUT2D eigenvalue weighted by molar-refractivity contribution is 7.98. The van der Waals surface area contributed by atoms with Crippen molar-refractivity contribution in [1.29, 1.82) is 0 Å². The number of ether oxygens (including phenoxy) is 1. The molecule has 0 amide bonds. The maximum Gasteiger partial charge on any atom is 0.165 e. The van der Waals surface area contributed by atoms with Gasteiger partial charge in [0.05, 0.1) is 18.6 Å². The molecule has 0 radical (unpaired) electrons. The molecule has 1 aromatic carbocycles. The summed E-state index contributed by atoms with van der Waals surface area (Å²) in [5, 5.41) is 30.1. The lowest BCUT2D eigenvalue weighted by Gasteiger charge is -2.16. The van der Waals surface area contributed by atoms with E-state index in [0.29, 0.717) is 21.9 Å². The molecule has 0 bridgehead atoms. The Balaban J connectivity index is 1.60. The molecule has 142 valence electrons. The Hall–Kier alpha value is -1.75. The highest BCUT2D eigenvalue weighted by Crippen LogP contribution is 2.32. The van der Waals surface area contributed by atoms with E-state index in [-0.39, 0.29) is 0 Å². The number of rotatable bonds is 5. The third kappa shape index (κ3) is 3.54. The van der Waals surface area contributed by atoms with Gasteiger partial charge in [-0.3, -0.25) is 4.57 Å². The van der Waals surface area contributed by atoms with E-state index in [0.717, 1.165) is 10.6 Å². The maximum absolute atomic E-state index is 10.2. The van der Waals surface area contributed by atoms with Crippen molar-refractivity contribution in [3.8, 4) is 0 Å². The minimum Gasteiger partial charge on any atom is -0.394 e. The van der Waals surface area contributed by atoms with Crippen molar-refractivity contribution in [3.05, 3.63) is 47.6 Å². The van der Waals surface area contributed by atoms with Gasteiger partial charge in [-0.2, -0.15) is 0 Å². The molecular weight excluding hydrogens is 392 g/mol. The number of fused-ring (bicyclic) bond motifs is 1. The van der Waals surface area contributed by atoms with Crippen LogP contribution in [0.5, 0.6) is 0 Å². The van der Waals surface area contributed by atoms with Crippen molar-refractivity contribution in [3.63, 3.8) is 0 Å². The van der Waals surface area contributed by atoms with E-state index in [4.69, 9.17) is 16.3 Å². The van der Waals surface area contributed by atoms with Gasteiger partial charge in [0.15, 0.2) is 11.9 Å². The summed E-state index contributed by atoms with van der Waals surface area (Å²) >= 11 is 7.59. The van der Waals surface area contributed by atoms with Crippen LogP contribution in [-0.2, 0) is 10.5 Å². The van der Waals surface area contributed by atoms with Crippen LogP contribution in [0.1, 0.15) is 11.9 Å². The molecule has 1 fully saturated rings. The van der Waals surface area contributed by atoms with Gasteiger partial charge in [0.1, 0.15) is 30.2 Å². The summed E-state index contributed by atoms with van der Waals surface area (Å²) in [6, 6.07) is 7.54. The third-order valence-electron chi connectivity index (χ3n) is 4.40. The molecule has 3 aromatic rings. The van der Waals surface area contributed by atoms with Crippen LogP contribution in [-0.4, -0.2) is 59.8 Å². The number of thioether (sulfide) groups is 1. The third-order valence-corrected chi connectivity index (χ3v) is 5.64. The largest absolute Gasteiger partial charge is 0.394 e. The molecule has 1 aliphatic rings. The summed E-state index contributed by atoms with van der Waals surface area (Å²) in [6.45, 7) is -0.391. The highest BCUT2D eigenvalue weighted by Gasteiger charge is 2.44. The van der Waals surface area contributed by atoms with Gasteiger partial charge in [-0.25, -0.2) is 15.0 Å². The van der Waals surface area contributed by atoms with E-state index in [1.165, 1.54) is 12.7 Å². The molecule has 4 rings (SSSR count). The van der Waals surface area contributed by atoms with Crippen LogP contribution in [0.25, 0.3) is 11.2 Å². The predicted molar refractivity (Wildman–Crippen MR) is 99.3 cm³/mol.